The predicted octanol–water partition coefficient (Wildman–Crippen LogP) is 6.45. The van der Waals surface area contributed by atoms with Gasteiger partial charge in [-0.15, -0.1) is 10.2 Å². The van der Waals surface area contributed by atoms with Gasteiger partial charge < -0.3 is 8.94 Å². The molecule has 0 aliphatic rings. The lowest BCUT2D eigenvalue weighted by atomic mass is 10.0. The highest BCUT2D eigenvalue weighted by molar-refractivity contribution is 14.1. The molecule has 3 heterocycles. The first-order valence-electron chi connectivity index (χ1n) is 9.82. The van der Waals surface area contributed by atoms with Gasteiger partial charge in [-0.05, 0) is 46.9 Å². The zero-order valence-corrected chi connectivity index (χ0v) is 19.6. The maximum absolute atomic E-state index is 14.8. The second kappa shape index (κ2) is 8.55. The molecule has 0 N–H and O–H groups in total. The molecule has 0 fully saturated rings. The monoisotopic (exact) mass is 599 g/mol. The smallest absolute Gasteiger partial charge is 0.421 e. The normalized spacial score (nSPS) is 11.9. The van der Waals surface area contributed by atoms with E-state index in [1.165, 1.54) is 31.2 Å². The molecule has 0 atom stereocenters. The van der Waals surface area contributed by atoms with E-state index in [0.29, 0.717) is 8.25 Å². The summed E-state index contributed by atoms with van der Waals surface area (Å²) < 4.78 is 83.6. The summed E-state index contributed by atoms with van der Waals surface area (Å²) >= 11 is 1.86. The predicted molar refractivity (Wildman–Crippen MR) is 120 cm³/mol. The van der Waals surface area contributed by atoms with E-state index in [0.717, 1.165) is 18.3 Å². The van der Waals surface area contributed by atoms with Gasteiger partial charge in [0.15, 0.2) is 11.5 Å². The molecule has 178 valence electrons. The zero-order valence-electron chi connectivity index (χ0n) is 17.4. The third-order valence-corrected chi connectivity index (χ3v) is 5.89. The van der Waals surface area contributed by atoms with Crippen molar-refractivity contribution in [3.8, 4) is 39.7 Å². The Hall–Kier alpha value is -3.62. The number of alkyl halides is 3. The van der Waals surface area contributed by atoms with Gasteiger partial charge in [0.1, 0.15) is 28.6 Å². The summed E-state index contributed by atoms with van der Waals surface area (Å²) in [4.78, 5) is 0. The van der Waals surface area contributed by atoms with Gasteiger partial charge in [-0.25, -0.2) is 13.5 Å². The van der Waals surface area contributed by atoms with Crippen LogP contribution in [0.2, 0.25) is 0 Å². The minimum atomic E-state index is -4.99. The molecular formula is C22H11F5IN5O2. The van der Waals surface area contributed by atoms with Gasteiger partial charge in [-0.3, -0.25) is 0 Å². The molecule has 0 bridgehead atoms. The maximum Gasteiger partial charge on any atom is 0.434 e. The SMILES string of the molecule is Cc1nnc(-c2c(-c3c(F)cccc3I)noc2-c2cnn(-c3ccccc3F)c2C(F)(F)F)o1. The number of hydrogen-bond acceptors (Lipinski definition) is 6. The fourth-order valence-electron chi connectivity index (χ4n) is 3.56. The van der Waals surface area contributed by atoms with Crippen LogP contribution >= 0.6 is 22.6 Å². The van der Waals surface area contributed by atoms with E-state index in [-0.39, 0.29) is 28.6 Å². The van der Waals surface area contributed by atoms with Crippen molar-refractivity contribution < 1.29 is 30.9 Å². The molecule has 0 amide bonds. The van der Waals surface area contributed by atoms with Crippen LogP contribution in [-0.2, 0) is 6.18 Å². The molecule has 2 aromatic carbocycles. The highest BCUT2D eigenvalue weighted by Gasteiger charge is 2.42. The summed E-state index contributed by atoms with van der Waals surface area (Å²) in [5.74, 6) is -2.18. The molecule has 13 heteroatoms. The minimum Gasteiger partial charge on any atom is -0.421 e. The molecule has 0 radical (unpaired) electrons. The van der Waals surface area contributed by atoms with Crippen LogP contribution < -0.4 is 0 Å². The van der Waals surface area contributed by atoms with Crippen LogP contribution in [0.15, 0.2) is 57.6 Å². The number of aromatic nitrogens is 5. The van der Waals surface area contributed by atoms with E-state index >= 15 is 0 Å². The van der Waals surface area contributed by atoms with Crippen molar-refractivity contribution in [3.05, 3.63) is 75.5 Å². The average molecular weight is 599 g/mol. The van der Waals surface area contributed by atoms with E-state index in [2.05, 4.69) is 20.5 Å². The summed E-state index contributed by atoms with van der Waals surface area (Å²) in [6.07, 6.45) is -4.13. The van der Waals surface area contributed by atoms with Gasteiger partial charge >= 0.3 is 6.18 Å². The Morgan fingerprint density at radius 1 is 0.943 bits per heavy atom. The van der Waals surface area contributed by atoms with Crippen LogP contribution in [0.4, 0.5) is 22.0 Å². The Kier molecular flexibility index (Phi) is 5.65. The zero-order chi connectivity index (χ0) is 24.9. The van der Waals surface area contributed by atoms with Crippen LogP contribution in [0.3, 0.4) is 0 Å². The van der Waals surface area contributed by atoms with E-state index in [4.69, 9.17) is 8.94 Å². The van der Waals surface area contributed by atoms with E-state index < -0.39 is 40.5 Å². The average Bonchev–Trinajstić information content (AvgIpc) is 3.51. The van der Waals surface area contributed by atoms with Crippen molar-refractivity contribution in [1.82, 2.24) is 25.1 Å². The van der Waals surface area contributed by atoms with Crippen molar-refractivity contribution in [3.63, 3.8) is 0 Å². The number of halogens is 6. The molecule has 0 saturated carbocycles. The van der Waals surface area contributed by atoms with Gasteiger partial charge in [0, 0.05) is 10.5 Å². The molecule has 0 aliphatic carbocycles. The second-order valence-corrected chi connectivity index (χ2v) is 8.39. The minimum absolute atomic E-state index is 0.0241. The summed E-state index contributed by atoms with van der Waals surface area (Å²) in [5, 5.41) is 15.2. The van der Waals surface area contributed by atoms with Crippen molar-refractivity contribution in [2.45, 2.75) is 13.1 Å². The number of hydrogen-bond donors (Lipinski definition) is 0. The second-order valence-electron chi connectivity index (χ2n) is 7.23. The molecule has 0 saturated heterocycles. The summed E-state index contributed by atoms with van der Waals surface area (Å²) in [5.41, 5.74) is -2.65. The molecular weight excluding hydrogens is 588 g/mol. The molecule has 0 spiro atoms. The van der Waals surface area contributed by atoms with Crippen molar-refractivity contribution in [2.75, 3.05) is 0 Å². The third kappa shape index (κ3) is 3.98. The third-order valence-electron chi connectivity index (χ3n) is 4.99. The van der Waals surface area contributed by atoms with E-state index in [9.17, 15) is 22.0 Å². The Balaban J connectivity index is 1.83. The highest BCUT2D eigenvalue weighted by atomic mass is 127. The van der Waals surface area contributed by atoms with Crippen LogP contribution in [0, 0.1) is 22.1 Å². The first-order valence-corrected chi connectivity index (χ1v) is 10.9. The van der Waals surface area contributed by atoms with Crippen molar-refractivity contribution in [1.29, 1.82) is 0 Å². The van der Waals surface area contributed by atoms with Crippen LogP contribution in [-0.4, -0.2) is 25.1 Å². The van der Waals surface area contributed by atoms with Crippen LogP contribution in [0.25, 0.3) is 39.7 Å². The highest BCUT2D eigenvalue weighted by Crippen LogP contribution is 2.46. The number of benzene rings is 2. The Morgan fingerprint density at radius 2 is 1.69 bits per heavy atom. The standard InChI is InChI=1S/C22H11F5IN5O2/c1-10-30-31-21(34-10)17-18(16-13(24)6-4-7-14(16)28)32-35-19(17)11-9-29-33(20(11)22(25,26)27)15-8-3-2-5-12(15)23/h2-9H,1H3. The number of aryl methyl sites for hydroxylation is 1. The first kappa shape index (κ1) is 23.1. The van der Waals surface area contributed by atoms with E-state index in [1.54, 1.807) is 6.07 Å². The molecule has 35 heavy (non-hydrogen) atoms. The van der Waals surface area contributed by atoms with Gasteiger partial charge in [-0.1, -0.05) is 23.4 Å². The Bertz CT molecular complexity index is 1540. The van der Waals surface area contributed by atoms with Gasteiger partial charge in [-0.2, -0.15) is 18.3 Å². The van der Waals surface area contributed by atoms with Crippen LogP contribution in [0.1, 0.15) is 11.6 Å². The largest absolute Gasteiger partial charge is 0.434 e. The summed E-state index contributed by atoms with van der Waals surface area (Å²) in [6, 6.07) is 9.11. The first-order chi connectivity index (χ1) is 16.7. The fourth-order valence-corrected chi connectivity index (χ4v) is 4.28. The van der Waals surface area contributed by atoms with Gasteiger partial charge in [0.05, 0.1) is 17.3 Å². The molecule has 7 nitrogen and oxygen atoms in total. The number of nitrogens with zero attached hydrogens (tertiary/aromatic N) is 5. The Labute approximate surface area is 206 Å². The molecule has 0 aliphatic heterocycles. The van der Waals surface area contributed by atoms with Crippen LogP contribution in [0.5, 0.6) is 0 Å². The summed E-state index contributed by atoms with van der Waals surface area (Å²) in [7, 11) is 0. The lowest BCUT2D eigenvalue weighted by Gasteiger charge is -2.12. The molecule has 5 aromatic rings. The van der Waals surface area contributed by atoms with Crippen molar-refractivity contribution >= 4 is 22.6 Å². The van der Waals surface area contributed by atoms with Gasteiger partial charge in [0.25, 0.3) is 5.89 Å². The Morgan fingerprint density at radius 3 is 2.34 bits per heavy atom. The van der Waals surface area contributed by atoms with Crippen molar-refractivity contribution in [2.24, 2.45) is 0 Å². The summed E-state index contributed by atoms with van der Waals surface area (Å²) in [6.45, 7) is 1.48. The lowest BCUT2D eigenvalue weighted by molar-refractivity contribution is -0.142. The fraction of sp³-hybridized carbons (Fsp3) is 0.0909. The van der Waals surface area contributed by atoms with E-state index in [1.807, 2.05) is 22.6 Å². The molecule has 0 unspecified atom stereocenters. The maximum atomic E-state index is 14.8. The number of para-hydroxylation sites is 1. The quantitative estimate of drug-likeness (QED) is 0.174. The topological polar surface area (TPSA) is 82.8 Å². The van der Waals surface area contributed by atoms with Gasteiger partial charge in [0.2, 0.25) is 5.89 Å². The molecule has 5 rings (SSSR count). The molecule has 3 aromatic heterocycles. The number of rotatable bonds is 4. The lowest BCUT2D eigenvalue weighted by Crippen LogP contribution is -2.15.